The third kappa shape index (κ3) is 7.62. The third-order valence-electron chi connectivity index (χ3n) is 1.17. The van der Waals surface area contributed by atoms with Crippen LogP contribution in [0.5, 0.6) is 0 Å². The largest absolute Gasteiger partial charge is 0.478 e. The zero-order chi connectivity index (χ0) is 10.3. The zero-order valence-corrected chi connectivity index (χ0v) is 8.42. The van der Waals surface area contributed by atoms with E-state index >= 15 is 0 Å². The molecule has 0 aliphatic carbocycles. The van der Waals surface area contributed by atoms with Crippen LogP contribution in [0.4, 0.5) is 0 Å². The van der Waals surface area contributed by atoms with Gasteiger partial charge in [-0.25, -0.2) is 4.79 Å². The van der Waals surface area contributed by atoms with Crippen LogP contribution < -0.4 is 0 Å². The van der Waals surface area contributed by atoms with E-state index in [2.05, 4.69) is 6.58 Å². The summed E-state index contributed by atoms with van der Waals surface area (Å²) in [4.78, 5) is 9.74. The summed E-state index contributed by atoms with van der Waals surface area (Å²) in [6.45, 7) is 3.36. The molecular weight excluding hydrogens is 211 g/mol. The van der Waals surface area contributed by atoms with Gasteiger partial charge in [-0.05, 0) is 6.42 Å². The van der Waals surface area contributed by atoms with Crippen molar-refractivity contribution >= 4 is 29.2 Å². The highest BCUT2D eigenvalue weighted by Crippen LogP contribution is 2.03. The minimum absolute atomic E-state index is 0.151. The summed E-state index contributed by atoms with van der Waals surface area (Å²) >= 11 is 10.8. The van der Waals surface area contributed by atoms with Crippen molar-refractivity contribution in [1.82, 2.24) is 0 Å². The number of carboxylic acid groups (broad SMARTS) is 1. The minimum atomic E-state index is -0.985. The smallest absolute Gasteiger partial charge is 0.331 e. The zero-order valence-electron chi connectivity index (χ0n) is 6.91. The van der Waals surface area contributed by atoms with Gasteiger partial charge in [0.2, 0.25) is 0 Å². The predicted octanol–water partition coefficient (Wildman–Crippen LogP) is 2.93. The molecule has 0 spiro atoms. The molecule has 0 atom stereocenters. The van der Waals surface area contributed by atoms with Crippen LogP contribution in [0.2, 0.25) is 0 Å². The lowest BCUT2D eigenvalue weighted by Gasteiger charge is -1.91. The lowest BCUT2D eigenvalue weighted by Crippen LogP contribution is -1.96. The second-order valence-corrected chi connectivity index (χ2v) is 3.42. The Kier molecular flexibility index (Phi) is 6.37. The van der Waals surface area contributed by atoms with Crippen LogP contribution >= 0.6 is 23.2 Å². The highest BCUT2D eigenvalue weighted by molar-refractivity contribution is 6.45. The summed E-state index contributed by atoms with van der Waals surface area (Å²) in [6.07, 6.45) is 6.88. The van der Waals surface area contributed by atoms with E-state index in [0.717, 1.165) is 0 Å². The Bertz CT molecular complexity index is 242. The molecule has 2 nitrogen and oxygen atoms in total. The fourth-order valence-corrected chi connectivity index (χ4v) is 0.692. The van der Waals surface area contributed by atoms with Crippen LogP contribution in [-0.4, -0.2) is 15.9 Å². The average molecular weight is 221 g/mol. The molecule has 4 heteroatoms. The van der Waals surface area contributed by atoms with E-state index in [4.69, 9.17) is 28.3 Å². The first-order chi connectivity index (χ1) is 6.04. The standard InChI is InChI=1S/C9H10Cl2O2/c1-7(9(12)13)5-3-2-4-6-8(10)11/h2-4,6,8H,1,5H2,(H,12,13). The van der Waals surface area contributed by atoms with Gasteiger partial charge in [-0.15, -0.1) is 23.2 Å². The van der Waals surface area contributed by atoms with Gasteiger partial charge in [0.15, 0.2) is 0 Å². The quantitative estimate of drug-likeness (QED) is 0.440. The predicted molar refractivity (Wildman–Crippen MR) is 55.2 cm³/mol. The van der Waals surface area contributed by atoms with Gasteiger partial charge in [0, 0.05) is 5.57 Å². The number of rotatable bonds is 5. The van der Waals surface area contributed by atoms with Crippen LogP contribution in [0.3, 0.4) is 0 Å². The molecule has 13 heavy (non-hydrogen) atoms. The molecule has 0 aliphatic rings. The van der Waals surface area contributed by atoms with E-state index in [1.54, 1.807) is 24.3 Å². The molecule has 0 unspecified atom stereocenters. The Morgan fingerprint density at radius 1 is 1.46 bits per heavy atom. The highest BCUT2D eigenvalue weighted by Gasteiger charge is 1.98. The molecule has 0 aromatic rings. The number of hydrogen-bond donors (Lipinski definition) is 1. The molecule has 0 heterocycles. The first kappa shape index (κ1) is 12.3. The Morgan fingerprint density at radius 2 is 2.08 bits per heavy atom. The molecule has 0 aromatic heterocycles. The van der Waals surface area contributed by atoms with E-state index < -0.39 is 10.8 Å². The highest BCUT2D eigenvalue weighted by atomic mass is 35.5. The molecule has 0 aromatic carbocycles. The number of carbonyl (C=O) groups is 1. The second kappa shape index (κ2) is 6.75. The van der Waals surface area contributed by atoms with Gasteiger partial charge in [0.25, 0.3) is 0 Å². The molecule has 0 fully saturated rings. The Labute approximate surface area is 87.2 Å². The van der Waals surface area contributed by atoms with Crippen LogP contribution in [0.15, 0.2) is 36.5 Å². The Morgan fingerprint density at radius 3 is 2.54 bits per heavy atom. The lowest BCUT2D eigenvalue weighted by molar-refractivity contribution is -0.132. The Balaban J connectivity index is 3.76. The van der Waals surface area contributed by atoms with Gasteiger partial charge >= 0.3 is 5.97 Å². The van der Waals surface area contributed by atoms with Crippen molar-refractivity contribution in [3.63, 3.8) is 0 Å². The molecular formula is C9H10Cl2O2. The van der Waals surface area contributed by atoms with Gasteiger partial charge in [-0.3, -0.25) is 0 Å². The summed E-state index contributed by atoms with van der Waals surface area (Å²) in [5.74, 6) is -0.985. The van der Waals surface area contributed by atoms with Crippen LogP contribution in [0.1, 0.15) is 6.42 Å². The van der Waals surface area contributed by atoms with Crippen molar-refractivity contribution in [2.45, 2.75) is 11.3 Å². The van der Waals surface area contributed by atoms with Crippen molar-refractivity contribution in [3.8, 4) is 0 Å². The van der Waals surface area contributed by atoms with Gasteiger partial charge in [-0.2, -0.15) is 0 Å². The third-order valence-corrected chi connectivity index (χ3v) is 1.46. The maximum Gasteiger partial charge on any atom is 0.331 e. The number of hydrogen-bond acceptors (Lipinski definition) is 1. The van der Waals surface area contributed by atoms with E-state index in [0.29, 0.717) is 6.42 Å². The molecule has 0 rings (SSSR count). The van der Waals surface area contributed by atoms with Crippen molar-refractivity contribution in [3.05, 3.63) is 36.5 Å². The fourth-order valence-electron chi connectivity index (χ4n) is 0.524. The molecule has 0 saturated heterocycles. The topological polar surface area (TPSA) is 37.3 Å². The van der Waals surface area contributed by atoms with Gasteiger partial charge < -0.3 is 5.11 Å². The molecule has 1 N–H and O–H groups in total. The van der Waals surface area contributed by atoms with Crippen LogP contribution in [-0.2, 0) is 4.79 Å². The summed E-state index contributed by atoms with van der Waals surface area (Å²) < 4.78 is 0. The molecule has 72 valence electrons. The number of aliphatic carboxylic acids is 1. The van der Waals surface area contributed by atoms with Crippen LogP contribution in [0.25, 0.3) is 0 Å². The molecule has 0 saturated carbocycles. The fraction of sp³-hybridized carbons (Fsp3) is 0.222. The first-order valence-electron chi connectivity index (χ1n) is 3.56. The van der Waals surface area contributed by atoms with Crippen molar-refractivity contribution in [2.75, 3.05) is 0 Å². The summed E-state index contributed by atoms with van der Waals surface area (Å²) in [5.41, 5.74) is 0.151. The monoisotopic (exact) mass is 220 g/mol. The molecule has 0 aliphatic heterocycles. The average Bonchev–Trinajstić information content (AvgIpc) is 2.02. The molecule has 0 radical (unpaired) electrons. The van der Waals surface area contributed by atoms with E-state index in [1.807, 2.05) is 0 Å². The number of halogens is 2. The maximum atomic E-state index is 10.3. The molecule has 0 bridgehead atoms. The van der Waals surface area contributed by atoms with Gasteiger partial charge in [0.1, 0.15) is 4.84 Å². The number of allylic oxidation sites excluding steroid dienone is 4. The van der Waals surface area contributed by atoms with E-state index in [9.17, 15) is 4.79 Å². The SMILES string of the molecule is C=C(CC=CC=CC(Cl)Cl)C(=O)O. The van der Waals surface area contributed by atoms with Crippen molar-refractivity contribution in [1.29, 1.82) is 0 Å². The summed E-state index contributed by atoms with van der Waals surface area (Å²) in [6, 6.07) is 0. The first-order valence-corrected chi connectivity index (χ1v) is 4.44. The minimum Gasteiger partial charge on any atom is -0.478 e. The van der Waals surface area contributed by atoms with Crippen molar-refractivity contribution in [2.24, 2.45) is 0 Å². The van der Waals surface area contributed by atoms with E-state index in [-0.39, 0.29) is 5.57 Å². The summed E-state index contributed by atoms with van der Waals surface area (Å²) in [7, 11) is 0. The maximum absolute atomic E-state index is 10.3. The van der Waals surface area contributed by atoms with Gasteiger partial charge in [0.05, 0.1) is 0 Å². The van der Waals surface area contributed by atoms with Crippen molar-refractivity contribution < 1.29 is 9.90 Å². The normalized spacial score (nSPS) is 11.6. The van der Waals surface area contributed by atoms with Crippen LogP contribution in [0, 0.1) is 0 Å². The second-order valence-electron chi connectivity index (χ2n) is 2.26. The Hall–Kier alpha value is -0.730. The molecule has 0 amide bonds. The van der Waals surface area contributed by atoms with Gasteiger partial charge in [-0.1, -0.05) is 30.9 Å². The summed E-state index contributed by atoms with van der Waals surface area (Å²) in [5, 5.41) is 8.43. The van der Waals surface area contributed by atoms with E-state index in [1.165, 1.54) is 0 Å². The number of alkyl halides is 2. The number of carboxylic acids is 1. The lowest BCUT2D eigenvalue weighted by atomic mass is 10.2.